The molecule has 0 radical (unpaired) electrons. The number of hydrogen-bond donors (Lipinski definition) is 1. The lowest BCUT2D eigenvalue weighted by Gasteiger charge is -2.13. The van der Waals surface area contributed by atoms with Crippen molar-refractivity contribution in [3.63, 3.8) is 0 Å². The molecule has 0 fully saturated rings. The molecule has 6 heteroatoms. The highest BCUT2D eigenvalue weighted by molar-refractivity contribution is 5.86. The molecular formula is C19H23NO5. The highest BCUT2D eigenvalue weighted by Crippen LogP contribution is 2.25. The number of benzene rings is 2. The van der Waals surface area contributed by atoms with E-state index in [2.05, 4.69) is 0 Å². The van der Waals surface area contributed by atoms with Gasteiger partial charge in [0.25, 0.3) is 0 Å². The summed E-state index contributed by atoms with van der Waals surface area (Å²) in [4.78, 5) is 23.0. The second-order valence-electron chi connectivity index (χ2n) is 5.64. The second-order valence-corrected chi connectivity index (χ2v) is 5.64. The van der Waals surface area contributed by atoms with Gasteiger partial charge in [0.05, 0.1) is 32.8 Å². The molecule has 0 bridgehead atoms. The monoisotopic (exact) mass is 345 g/mol. The minimum atomic E-state index is -0.465. The Kier molecular flexibility index (Phi) is 6.77. The topological polar surface area (TPSA) is 87.9 Å². The van der Waals surface area contributed by atoms with E-state index in [1.54, 1.807) is 7.11 Å². The normalized spacial score (nSPS) is 11.8. The first-order valence-corrected chi connectivity index (χ1v) is 8.15. The molecule has 0 aliphatic heterocycles. The number of ether oxygens (including phenoxy) is 3. The molecule has 0 aliphatic rings. The van der Waals surface area contributed by atoms with Gasteiger partial charge >= 0.3 is 11.9 Å². The second kappa shape index (κ2) is 9.03. The minimum absolute atomic E-state index is 0.148. The van der Waals surface area contributed by atoms with Gasteiger partial charge in [0, 0.05) is 6.42 Å². The van der Waals surface area contributed by atoms with E-state index >= 15 is 0 Å². The van der Waals surface area contributed by atoms with Crippen molar-refractivity contribution in [2.24, 2.45) is 5.73 Å². The lowest BCUT2D eigenvalue weighted by atomic mass is 9.98. The minimum Gasteiger partial charge on any atom is -0.497 e. The van der Waals surface area contributed by atoms with Gasteiger partial charge in [-0.15, -0.1) is 0 Å². The van der Waals surface area contributed by atoms with Crippen LogP contribution in [0.4, 0.5) is 0 Å². The molecule has 6 nitrogen and oxygen atoms in total. The van der Waals surface area contributed by atoms with Crippen LogP contribution in [0.1, 0.15) is 24.8 Å². The average molecular weight is 345 g/mol. The van der Waals surface area contributed by atoms with Crippen molar-refractivity contribution in [1.82, 2.24) is 0 Å². The molecular weight excluding hydrogens is 322 g/mol. The fourth-order valence-electron chi connectivity index (χ4n) is 2.38. The number of carbonyl (C=O) groups excluding carboxylic acids is 2. The molecule has 0 aliphatic carbocycles. The van der Waals surface area contributed by atoms with Crippen LogP contribution >= 0.6 is 0 Å². The Morgan fingerprint density at radius 2 is 1.72 bits per heavy atom. The lowest BCUT2D eigenvalue weighted by Crippen LogP contribution is -2.19. The third-order valence-electron chi connectivity index (χ3n) is 3.89. The van der Waals surface area contributed by atoms with E-state index in [0.29, 0.717) is 6.42 Å². The van der Waals surface area contributed by atoms with Crippen molar-refractivity contribution in [3.8, 4) is 5.75 Å². The van der Waals surface area contributed by atoms with E-state index < -0.39 is 5.97 Å². The fourth-order valence-corrected chi connectivity index (χ4v) is 2.38. The largest absolute Gasteiger partial charge is 0.497 e. The standard InChI is InChI=1S/C19H23NO5/c1-13(19(22)25-9-3-8-24-18(21)12-20)14-4-5-16-11-17(23-2)7-6-15(16)10-14/h4-7,10-11,13H,3,8-9,12,20H2,1-2H3. The number of methoxy groups -OCH3 is 1. The third-order valence-corrected chi connectivity index (χ3v) is 3.89. The Morgan fingerprint density at radius 3 is 2.44 bits per heavy atom. The van der Waals surface area contributed by atoms with Crippen molar-refractivity contribution in [3.05, 3.63) is 42.0 Å². The zero-order chi connectivity index (χ0) is 18.2. The molecule has 2 aromatic rings. The van der Waals surface area contributed by atoms with Gasteiger partial charge < -0.3 is 19.9 Å². The van der Waals surface area contributed by atoms with Gasteiger partial charge in [-0.2, -0.15) is 0 Å². The van der Waals surface area contributed by atoms with Crippen LogP contribution in [0, 0.1) is 0 Å². The summed E-state index contributed by atoms with van der Waals surface area (Å²) < 4.78 is 15.3. The van der Waals surface area contributed by atoms with Crippen LogP contribution in [0.5, 0.6) is 5.75 Å². The average Bonchev–Trinajstić information content (AvgIpc) is 2.65. The molecule has 134 valence electrons. The molecule has 2 aromatic carbocycles. The van der Waals surface area contributed by atoms with Crippen LogP contribution < -0.4 is 10.5 Å². The molecule has 0 spiro atoms. The summed E-state index contributed by atoms with van der Waals surface area (Å²) in [5.74, 6) is -0.355. The number of carbonyl (C=O) groups is 2. The first kappa shape index (κ1) is 18.7. The first-order valence-electron chi connectivity index (χ1n) is 8.15. The summed E-state index contributed by atoms with van der Waals surface area (Å²) in [6, 6.07) is 11.6. The summed E-state index contributed by atoms with van der Waals surface area (Å²) >= 11 is 0. The van der Waals surface area contributed by atoms with Gasteiger partial charge in [0.1, 0.15) is 5.75 Å². The number of esters is 2. The first-order chi connectivity index (χ1) is 12.0. The molecule has 1 unspecified atom stereocenters. The van der Waals surface area contributed by atoms with Crippen LogP contribution in [0.15, 0.2) is 36.4 Å². The van der Waals surface area contributed by atoms with Crippen LogP contribution in [-0.2, 0) is 19.1 Å². The summed E-state index contributed by atoms with van der Waals surface area (Å²) in [5.41, 5.74) is 6.01. The number of fused-ring (bicyclic) bond motifs is 1. The Balaban J connectivity index is 1.90. The quantitative estimate of drug-likeness (QED) is 0.584. The van der Waals surface area contributed by atoms with Crippen LogP contribution in [0.3, 0.4) is 0 Å². The third kappa shape index (κ3) is 5.19. The van der Waals surface area contributed by atoms with Gasteiger partial charge in [-0.1, -0.05) is 24.3 Å². The van der Waals surface area contributed by atoms with Crippen LogP contribution in [0.2, 0.25) is 0 Å². The van der Waals surface area contributed by atoms with Crippen LogP contribution in [-0.4, -0.2) is 38.8 Å². The highest BCUT2D eigenvalue weighted by Gasteiger charge is 2.17. The summed E-state index contributed by atoms with van der Waals surface area (Å²) in [7, 11) is 1.63. The number of hydrogen-bond acceptors (Lipinski definition) is 6. The molecule has 1 atom stereocenters. The predicted molar refractivity (Wildman–Crippen MR) is 94.5 cm³/mol. The maximum Gasteiger partial charge on any atom is 0.319 e. The van der Waals surface area contributed by atoms with Gasteiger partial charge in [0.2, 0.25) is 0 Å². The molecule has 25 heavy (non-hydrogen) atoms. The van der Waals surface area contributed by atoms with Crippen molar-refractivity contribution >= 4 is 22.7 Å². The van der Waals surface area contributed by atoms with E-state index in [4.69, 9.17) is 19.9 Å². The van der Waals surface area contributed by atoms with Crippen molar-refractivity contribution in [1.29, 1.82) is 0 Å². The zero-order valence-corrected chi connectivity index (χ0v) is 14.5. The Morgan fingerprint density at radius 1 is 1.04 bits per heavy atom. The van der Waals surface area contributed by atoms with Gasteiger partial charge in [0.15, 0.2) is 0 Å². The zero-order valence-electron chi connectivity index (χ0n) is 14.5. The molecule has 0 saturated heterocycles. The summed E-state index contributed by atoms with van der Waals surface area (Å²) in [6.07, 6.45) is 0.446. The van der Waals surface area contributed by atoms with Crippen molar-refractivity contribution in [2.75, 3.05) is 26.9 Å². The van der Waals surface area contributed by atoms with E-state index in [1.165, 1.54) is 0 Å². The summed E-state index contributed by atoms with van der Waals surface area (Å²) in [5, 5.41) is 2.08. The molecule has 2 N–H and O–H groups in total. The van der Waals surface area contributed by atoms with Gasteiger partial charge in [-0.3, -0.25) is 9.59 Å². The van der Waals surface area contributed by atoms with Crippen molar-refractivity contribution in [2.45, 2.75) is 19.3 Å². The van der Waals surface area contributed by atoms with E-state index in [-0.39, 0.29) is 31.6 Å². The van der Waals surface area contributed by atoms with Crippen LogP contribution in [0.25, 0.3) is 10.8 Å². The number of rotatable bonds is 8. The molecule has 2 rings (SSSR count). The molecule has 0 aromatic heterocycles. The van der Waals surface area contributed by atoms with E-state index in [9.17, 15) is 9.59 Å². The SMILES string of the molecule is COc1ccc2cc(C(C)C(=O)OCCCOC(=O)CN)ccc2c1. The van der Waals surface area contributed by atoms with Crippen molar-refractivity contribution < 1.29 is 23.8 Å². The fraction of sp³-hybridized carbons (Fsp3) is 0.368. The smallest absolute Gasteiger partial charge is 0.319 e. The van der Waals surface area contributed by atoms with E-state index in [1.807, 2.05) is 43.3 Å². The summed E-state index contributed by atoms with van der Waals surface area (Å²) in [6.45, 7) is 2.05. The van der Waals surface area contributed by atoms with Gasteiger partial charge in [-0.05, 0) is 35.4 Å². The maximum atomic E-state index is 12.2. The predicted octanol–water partition coefficient (Wildman–Crippen LogP) is 2.39. The lowest BCUT2D eigenvalue weighted by molar-refractivity contribution is -0.146. The Bertz CT molecular complexity index is 744. The maximum absolute atomic E-state index is 12.2. The van der Waals surface area contributed by atoms with Gasteiger partial charge in [-0.25, -0.2) is 0 Å². The molecule has 0 amide bonds. The molecule has 0 saturated carbocycles. The Hall–Kier alpha value is -2.60. The molecule has 0 heterocycles. The highest BCUT2D eigenvalue weighted by atomic mass is 16.5. The number of nitrogens with two attached hydrogens (primary N) is 1. The van der Waals surface area contributed by atoms with E-state index in [0.717, 1.165) is 22.1 Å². The Labute approximate surface area is 146 Å².